The molecule has 0 saturated heterocycles. The molecule has 2 nitrogen and oxygen atoms in total. The van der Waals surface area contributed by atoms with Gasteiger partial charge in [0.15, 0.2) is 0 Å². The third-order valence-electron chi connectivity index (χ3n) is 3.64. The van der Waals surface area contributed by atoms with E-state index in [4.69, 9.17) is 5.73 Å². The van der Waals surface area contributed by atoms with Gasteiger partial charge in [-0.3, -0.25) is 4.98 Å². The minimum Gasteiger partial charge on any atom is -0.398 e. The number of aromatic nitrogens is 1. The van der Waals surface area contributed by atoms with Crippen LogP contribution in [0.1, 0.15) is 16.8 Å². The van der Waals surface area contributed by atoms with Gasteiger partial charge in [-0.2, -0.15) is 0 Å². The Kier molecular flexibility index (Phi) is 3.84. The van der Waals surface area contributed by atoms with E-state index in [-0.39, 0.29) is 0 Å². The Hall–Kier alpha value is -2.00. The zero-order valence-electron chi connectivity index (χ0n) is 12.3. The predicted molar refractivity (Wildman–Crippen MR) is 91.6 cm³/mol. The second-order valence-corrected chi connectivity index (χ2v) is 6.22. The monoisotopic (exact) mass is 294 g/mol. The standard InChI is InChI=1S/C18H18N2S/c1-12-10-14(15-6-3-4-8-17(15)20-12)11-21-18-9-5-7-16(19)13(18)2/h3-10H,11,19H2,1-2H3. The van der Waals surface area contributed by atoms with Crippen molar-refractivity contribution in [3.63, 3.8) is 0 Å². The summed E-state index contributed by atoms with van der Waals surface area (Å²) in [5.74, 6) is 0.925. The number of para-hydroxylation sites is 1. The molecule has 0 amide bonds. The number of fused-ring (bicyclic) bond motifs is 1. The van der Waals surface area contributed by atoms with E-state index in [1.807, 2.05) is 36.9 Å². The van der Waals surface area contributed by atoms with E-state index in [1.54, 1.807) is 0 Å². The van der Waals surface area contributed by atoms with Gasteiger partial charge in [0.25, 0.3) is 0 Å². The van der Waals surface area contributed by atoms with Crippen LogP contribution < -0.4 is 5.73 Å². The number of pyridine rings is 1. The smallest absolute Gasteiger partial charge is 0.0708 e. The molecule has 0 aliphatic carbocycles. The highest BCUT2D eigenvalue weighted by molar-refractivity contribution is 7.98. The van der Waals surface area contributed by atoms with Crippen molar-refractivity contribution in [3.05, 3.63) is 65.4 Å². The Labute approximate surface area is 129 Å². The fourth-order valence-corrected chi connectivity index (χ4v) is 3.52. The van der Waals surface area contributed by atoms with Gasteiger partial charge in [-0.25, -0.2) is 0 Å². The molecule has 0 fully saturated rings. The first kappa shape index (κ1) is 14.0. The van der Waals surface area contributed by atoms with Gasteiger partial charge in [-0.1, -0.05) is 24.3 Å². The molecule has 0 aliphatic heterocycles. The van der Waals surface area contributed by atoms with E-state index in [1.165, 1.54) is 15.8 Å². The number of nitrogens with two attached hydrogens (primary N) is 1. The minimum absolute atomic E-state index is 0.857. The zero-order chi connectivity index (χ0) is 14.8. The maximum Gasteiger partial charge on any atom is 0.0708 e. The number of thioether (sulfide) groups is 1. The molecule has 2 aromatic carbocycles. The van der Waals surface area contributed by atoms with Gasteiger partial charge in [-0.15, -0.1) is 11.8 Å². The molecule has 3 rings (SSSR count). The molecule has 0 unspecified atom stereocenters. The lowest BCUT2D eigenvalue weighted by molar-refractivity contribution is 1.22. The molecule has 0 atom stereocenters. The van der Waals surface area contributed by atoms with Gasteiger partial charge < -0.3 is 5.73 Å². The highest BCUT2D eigenvalue weighted by atomic mass is 32.2. The van der Waals surface area contributed by atoms with Crippen molar-refractivity contribution in [3.8, 4) is 0 Å². The number of hydrogen-bond donors (Lipinski definition) is 1. The van der Waals surface area contributed by atoms with Crippen molar-refractivity contribution >= 4 is 28.4 Å². The minimum atomic E-state index is 0.857. The summed E-state index contributed by atoms with van der Waals surface area (Å²) < 4.78 is 0. The molecule has 0 radical (unpaired) electrons. The highest BCUT2D eigenvalue weighted by Crippen LogP contribution is 2.31. The molecule has 3 aromatic rings. The van der Waals surface area contributed by atoms with Gasteiger partial charge in [0.2, 0.25) is 0 Å². The molecule has 0 bridgehead atoms. The summed E-state index contributed by atoms with van der Waals surface area (Å²) in [5.41, 5.74) is 11.5. The lowest BCUT2D eigenvalue weighted by atomic mass is 10.1. The van der Waals surface area contributed by atoms with Gasteiger partial charge in [-0.05, 0) is 49.2 Å². The van der Waals surface area contributed by atoms with Crippen LogP contribution in [0.4, 0.5) is 5.69 Å². The molecular formula is C18H18N2S. The number of nitrogens with zero attached hydrogens (tertiary/aromatic N) is 1. The lowest BCUT2D eigenvalue weighted by Gasteiger charge is -2.10. The topological polar surface area (TPSA) is 38.9 Å². The van der Waals surface area contributed by atoms with Crippen molar-refractivity contribution in [2.24, 2.45) is 0 Å². The number of anilines is 1. The van der Waals surface area contributed by atoms with Crippen LogP contribution in [0.5, 0.6) is 0 Å². The maximum atomic E-state index is 5.98. The molecule has 0 saturated carbocycles. The number of benzene rings is 2. The summed E-state index contributed by atoms with van der Waals surface area (Å²) in [6, 6.07) is 16.6. The van der Waals surface area contributed by atoms with Crippen molar-refractivity contribution < 1.29 is 0 Å². The van der Waals surface area contributed by atoms with Crippen molar-refractivity contribution in [2.75, 3.05) is 5.73 Å². The summed E-state index contributed by atoms with van der Waals surface area (Å²) in [7, 11) is 0. The van der Waals surface area contributed by atoms with Crippen molar-refractivity contribution in [2.45, 2.75) is 24.5 Å². The molecule has 0 aliphatic rings. The number of aryl methyl sites for hydroxylation is 1. The van der Waals surface area contributed by atoms with Crippen LogP contribution in [0.3, 0.4) is 0 Å². The van der Waals surface area contributed by atoms with E-state index < -0.39 is 0 Å². The van der Waals surface area contributed by atoms with E-state index >= 15 is 0 Å². The quantitative estimate of drug-likeness (QED) is 0.561. The van der Waals surface area contributed by atoms with E-state index in [2.05, 4.69) is 42.2 Å². The fraction of sp³-hybridized carbons (Fsp3) is 0.167. The van der Waals surface area contributed by atoms with Gasteiger partial charge in [0.05, 0.1) is 5.52 Å². The van der Waals surface area contributed by atoms with Gasteiger partial charge in [0, 0.05) is 27.4 Å². The van der Waals surface area contributed by atoms with Crippen LogP contribution in [0.2, 0.25) is 0 Å². The van der Waals surface area contributed by atoms with Crippen LogP contribution in [-0.4, -0.2) is 4.98 Å². The van der Waals surface area contributed by atoms with Gasteiger partial charge >= 0.3 is 0 Å². The number of hydrogen-bond acceptors (Lipinski definition) is 3. The summed E-state index contributed by atoms with van der Waals surface area (Å²) >= 11 is 1.83. The summed E-state index contributed by atoms with van der Waals surface area (Å²) in [4.78, 5) is 5.84. The number of rotatable bonds is 3. The third-order valence-corrected chi connectivity index (χ3v) is 4.85. The Morgan fingerprint density at radius 2 is 1.86 bits per heavy atom. The Balaban J connectivity index is 1.93. The molecule has 3 heteroatoms. The first-order valence-electron chi connectivity index (χ1n) is 6.98. The molecule has 21 heavy (non-hydrogen) atoms. The number of nitrogen functional groups attached to an aromatic ring is 1. The highest BCUT2D eigenvalue weighted by Gasteiger charge is 2.06. The molecule has 1 heterocycles. The Morgan fingerprint density at radius 1 is 1.05 bits per heavy atom. The molecular weight excluding hydrogens is 276 g/mol. The van der Waals surface area contributed by atoms with Crippen LogP contribution in [0.25, 0.3) is 10.9 Å². The largest absolute Gasteiger partial charge is 0.398 e. The van der Waals surface area contributed by atoms with Crippen LogP contribution in [0, 0.1) is 13.8 Å². The molecule has 2 N–H and O–H groups in total. The molecule has 106 valence electrons. The second kappa shape index (κ2) is 5.78. The SMILES string of the molecule is Cc1cc(CSc2cccc(N)c2C)c2ccccc2n1. The first-order chi connectivity index (χ1) is 10.1. The van der Waals surface area contributed by atoms with Crippen LogP contribution >= 0.6 is 11.8 Å². The van der Waals surface area contributed by atoms with Gasteiger partial charge in [0.1, 0.15) is 0 Å². The summed E-state index contributed by atoms with van der Waals surface area (Å²) in [5, 5.41) is 1.23. The molecule has 0 spiro atoms. The maximum absolute atomic E-state index is 5.98. The normalized spacial score (nSPS) is 11.0. The zero-order valence-corrected chi connectivity index (χ0v) is 13.1. The molecule has 1 aromatic heterocycles. The predicted octanol–water partition coefficient (Wildman–Crippen LogP) is 4.73. The summed E-state index contributed by atoms with van der Waals surface area (Å²) in [6.07, 6.45) is 0. The Bertz CT molecular complexity index is 796. The Morgan fingerprint density at radius 3 is 2.71 bits per heavy atom. The van der Waals surface area contributed by atoms with Crippen LogP contribution in [-0.2, 0) is 5.75 Å². The van der Waals surface area contributed by atoms with E-state index in [9.17, 15) is 0 Å². The van der Waals surface area contributed by atoms with Crippen LogP contribution in [0.15, 0.2) is 53.4 Å². The van der Waals surface area contributed by atoms with E-state index in [0.717, 1.165) is 28.2 Å². The van der Waals surface area contributed by atoms with Crippen molar-refractivity contribution in [1.82, 2.24) is 4.98 Å². The average Bonchev–Trinajstić information content (AvgIpc) is 2.48. The lowest BCUT2D eigenvalue weighted by Crippen LogP contribution is -1.93. The summed E-state index contributed by atoms with van der Waals surface area (Å²) in [6.45, 7) is 4.12. The first-order valence-corrected chi connectivity index (χ1v) is 7.97. The average molecular weight is 294 g/mol. The third kappa shape index (κ3) is 2.88. The van der Waals surface area contributed by atoms with E-state index in [0.29, 0.717) is 0 Å². The fourth-order valence-electron chi connectivity index (χ4n) is 2.46. The second-order valence-electron chi connectivity index (χ2n) is 5.20. The van der Waals surface area contributed by atoms with Crippen molar-refractivity contribution in [1.29, 1.82) is 0 Å².